The quantitative estimate of drug-likeness (QED) is 0.0865. The molecule has 0 aromatic heterocycles. The first-order valence-electron chi connectivity index (χ1n) is 13.4. The third-order valence-electron chi connectivity index (χ3n) is 6.05. The number of unbranched alkanes of at least 4 members (excludes halogenated alkanes) is 8. The van der Waals surface area contributed by atoms with Crippen LogP contribution in [-0.4, -0.2) is 51.5 Å². The van der Waals surface area contributed by atoms with Crippen molar-refractivity contribution in [1.29, 1.82) is 0 Å². The molecule has 31 heavy (non-hydrogen) atoms. The molecule has 0 aliphatic rings. The van der Waals surface area contributed by atoms with Crippen LogP contribution in [0.5, 0.6) is 0 Å². The van der Waals surface area contributed by atoms with Crippen LogP contribution in [0.3, 0.4) is 0 Å². The maximum absolute atomic E-state index is 12.8. The zero-order valence-electron chi connectivity index (χ0n) is 21.9. The van der Waals surface area contributed by atoms with Crippen LogP contribution in [0.15, 0.2) is 0 Å². The van der Waals surface area contributed by atoms with Gasteiger partial charge in [-0.05, 0) is 0 Å². The van der Waals surface area contributed by atoms with E-state index in [2.05, 4.69) is 34.6 Å². The number of carbonyl (C=O) groups excluding carboxylic acids is 1. The van der Waals surface area contributed by atoms with Crippen molar-refractivity contribution < 1.29 is 12.4 Å². The van der Waals surface area contributed by atoms with Gasteiger partial charge in [0.1, 0.15) is 0 Å². The van der Waals surface area contributed by atoms with Crippen molar-refractivity contribution in [3.05, 3.63) is 0 Å². The van der Waals surface area contributed by atoms with Crippen LogP contribution in [0, 0.1) is 0 Å². The predicted octanol–water partition coefficient (Wildman–Crippen LogP) is 8.64. The van der Waals surface area contributed by atoms with Gasteiger partial charge in [0, 0.05) is 0 Å². The molecule has 0 atom stereocenters. The van der Waals surface area contributed by atoms with E-state index in [0.29, 0.717) is 6.42 Å². The van der Waals surface area contributed by atoms with Crippen molar-refractivity contribution in [1.82, 2.24) is 0 Å². The molecular formula is C25H54O4Sn2. The Kier molecular flexibility index (Phi) is 21.0. The Labute approximate surface area is 204 Å². The normalized spacial score (nSPS) is 12.3. The summed E-state index contributed by atoms with van der Waals surface area (Å²) in [6, 6.07) is 0. The second kappa shape index (κ2) is 20.4. The summed E-state index contributed by atoms with van der Waals surface area (Å²) in [7, 11) is 1.85. The fourth-order valence-corrected chi connectivity index (χ4v) is 44.5. The minimum absolute atomic E-state index is 0.00457. The predicted molar refractivity (Wildman–Crippen MR) is 138 cm³/mol. The third-order valence-corrected chi connectivity index (χ3v) is 40.7. The minimum atomic E-state index is -3.48. The van der Waals surface area contributed by atoms with Gasteiger partial charge in [0.2, 0.25) is 0 Å². The molecule has 186 valence electrons. The van der Waals surface area contributed by atoms with Crippen LogP contribution < -0.4 is 0 Å². The fraction of sp³-hybridized carbons (Fsp3) is 0.960. The molecule has 0 heterocycles. The molecule has 0 saturated heterocycles. The van der Waals surface area contributed by atoms with Gasteiger partial charge in [0.25, 0.3) is 0 Å². The van der Waals surface area contributed by atoms with Gasteiger partial charge in [-0.1, -0.05) is 6.92 Å². The van der Waals surface area contributed by atoms with Gasteiger partial charge >= 0.3 is 199 Å². The molecule has 0 bridgehead atoms. The third kappa shape index (κ3) is 14.8. The molecule has 0 saturated carbocycles. The zero-order chi connectivity index (χ0) is 23.4. The molecular weight excluding hydrogens is 602 g/mol. The average molecular weight is 656 g/mol. The fourth-order valence-electron chi connectivity index (χ4n) is 4.52. The van der Waals surface area contributed by atoms with Crippen molar-refractivity contribution in [3.63, 3.8) is 0 Å². The summed E-state index contributed by atoms with van der Waals surface area (Å²) >= 11 is -6.65. The summed E-state index contributed by atoms with van der Waals surface area (Å²) in [4.78, 5) is 12.8. The van der Waals surface area contributed by atoms with Gasteiger partial charge in [0.05, 0.1) is 0 Å². The van der Waals surface area contributed by atoms with Crippen molar-refractivity contribution in [2.45, 2.75) is 142 Å². The van der Waals surface area contributed by atoms with E-state index in [0.717, 1.165) is 56.3 Å². The van der Waals surface area contributed by atoms with E-state index in [1.165, 1.54) is 44.9 Å². The molecule has 0 unspecified atom stereocenters. The molecule has 0 fully saturated rings. The van der Waals surface area contributed by atoms with Crippen molar-refractivity contribution >= 4 is 44.4 Å². The Balaban J connectivity index is 4.78. The molecule has 0 aliphatic heterocycles. The Hall–Kier alpha value is 0.987. The van der Waals surface area contributed by atoms with Gasteiger partial charge in [-0.25, -0.2) is 0 Å². The number of carbonyl (C=O) groups is 1. The van der Waals surface area contributed by atoms with E-state index < -0.39 is 38.4 Å². The maximum atomic E-state index is 12.8. The molecule has 0 radical (unpaired) electrons. The first-order chi connectivity index (χ1) is 15.0. The summed E-state index contributed by atoms with van der Waals surface area (Å²) in [6.07, 6.45) is 16.2. The van der Waals surface area contributed by atoms with Gasteiger partial charge in [0.15, 0.2) is 0 Å². The molecule has 0 aromatic rings. The monoisotopic (exact) mass is 658 g/mol. The van der Waals surface area contributed by atoms with Gasteiger partial charge < -0.3 is 0 Å². The first-order valence-corrected chi connectivity index (χ1v) is 26.2. The van der Waals surface area contributed by atoms with E-state index in [-0.39, 0.29) is 5.97 Å². The molecule has 0 aromatic carbocycles. The van der Waals surface area contributed by atoms with Crippen molar-refractivity contribution in [2.24, 2.45) is 0 Å². The van der Waals surface area contributed by atoms with Crippen LogP contribution >= 0.6 is 0 Å². The Bertz CT molecular complexity index is 420. The molecule has 6 heteroatoms. The summed E-state index contributed by atoms with van der Waals surface area (Å²) in [5.74, 6) is 0.00457. The Morgan fingerprint density at radius 1 is 0.581 bits per heavy atom. The standard InChI is InChI=1S/C12H24O2.4C3H7.CH3O.O.2Sn/c1-2-3-4-5-6-7-8-9-10-11-12(13)14;4*1-3-2;1-2;;;/h2-11H2,1H3,(H,13,14);4*1,3H2,2H3;1H3;;;/q;;;;;-1;;2*+1/p-1. The Morgan fingerprint density at radius 2 is 1.00 bits per heavy atom. The first kappa shape index (κ1) is 32.0. The van der Waals surface area contributed by atoms with E-state index >= 15 is 0 Å². The van der Waals surface area contributed by atoms with Crippen molar-refractivity contribution in [2.75, 3.05) is 7.11 Å². The van der Waals surface area contributed by atoms with Crippen molar-refractivity contribution in [3.8, 4) is 0 Å². The summed E-state index contributed by atoms with van der Waals surface area (Å²) in [5.41, 5.74) is 0. The van der Waals surface area contributed by atoms with Crippen LogP contribution in [-0.2, 0) is 12.4 Å². The molecule has 0 N–H and O–H groups in total. The van der Waals surface area contributed by atoms with Gasteiger partial charge in [-0.15, -0.1) is 0 Å². The number of hydrogen-bond acceptors (Lipinski definition) is 4. The van der Waals surface area contributed by atoms with Gasteiger partial charge in [-0.3, -0.25) is 0 Å². The zero-order valence-corrected chi connectivity index (χ0v) is 27.6. The number of hydrogen-bond donors (Lipinski definition) is 0. The van der Waals surface area contributed by atoms with Crippen LogP contribution in [0.4, 0.5) is 0 Å². The SMILES string of the molecule is CCCCCCCCCCCC(=O)[O][Sn]([CH2]CC)([CH2]CC)[O][Sn]([CH2]CC)([CH2]CC)[O]C. The topological polar surface area (TPSA) is 44.8 Å². The molecule has 0 aliphatic carbocycles. The van der Waals surface area contributed by atoms with E-state index in [4.69, 9.17) is 7.56 Å². The number of rotatable bonds is 22. The molecule has 0 rings (SSSR count). The molecule has 4 nitrogen and oxygen atoms in total. The van der Waals surface area contributed by atoms with Crippen LogP contribution in [0.2, 0.25) is 17.7 Å². The summed E-state index contributed by atoms with van der Waals surface area (Å²) in [6.45, 7) is 11.1. The van der Waals surface area contributed by atoms with Gasteiger partial charge in [-0.2, -0.15) is 0 Å². The second-order valence-electron chi connectivity index (χ2n) is 9.18. The Morgan fingerprint density at radius 3 is 1.42 bits per heavy atom. The average Bonchev–Trinajstić information content (AvgIpc) is 2.73. The van der Waals surface area contributed by atoms with E-state index in [1.54, 1.807) is 0 Å². The van der Waals surface area contributed by atoms with E-state index in [1.807, 2.05) is 7.11 Å². The van der Waals surface area contributed by atoms with Crippen LogP contribution in [0.25, 0.3) is 0 Å². The molecule has 0 amide bonds. The summed E-state index contributed by atoms with van der Waals surface area (Å²) < 4.78 is 23.7. The molecule has 0 spiro atoms. The van der Waals surface area contributed by atoms with Crippen LogP contribution in [0.1, 0.15) is 125 Å². The van der Waals surface area contributed by atoms with E-state index in [9.17, 15) is 4.79 Å². The summed E-state index contributed by atoms with van der Waals surface area (Å²) in [5, 5.41) is 0. The second-order valence-corrected chi connectivity index (χ2v) is 31.5.